The molecule has 0 spiro atoms. The van der Waals surface area contributed by atoms with Gasteiger partial charge >= 0.3 is 6.18 Å². The van der Waals surface area contributed by atoms with Crippen LogP contribution >= 0.6 is 11.3 Å². The lowest BCUT2D eigenvalue weighted by atomic mass is 10.2. The monoisotopic (exact) mass is 515 g/mol. The van der Waals surface area contributed by atoms with Gasteiger partial charge in [-0.15, -0.1) is 11.3 Å². The number of halogens is 3. The summed E-state index contributed by atoms with van der Waals surface area (Å²) in [5, 5.41) is 5.03. The minimum absolute atomic E-state index is 0.126. The van der Waals surface area contributed by atoms with Gasteiger partial charge in [0.15, 0.2) is 5.13 Å². The van der Waals surface area contributed by atoms with Crippen molar-refractivity contribution in [2.75, 3.05) is 45.8 Å². The SMILES string of the molecule is COCCN(CCOC)S(=O)(=O)c1ccc(-c2csc(Nc3cccc(C(F)(F)F)c3)n2)cc1. The van der Waals surface area contributed by atoms with Crippen molar-refractivity contribution in [2.24, 2.45) is 0 Å². The topological polar surface area (TPSA) is 80.8 Å². The van der Waals surface area contributed by atoms with E-state index >= 15 is 0 Å². The molecule has 1 aromatic heterocycles. The van der Waals surface area contributed by atoms with Crippen LogP contribution in [0, 0.1) is 0 Å². The summed E-state index contributed by atoms with van der Waals surface area (Å²) in [5.41, 5.74) is 0.757. The first-order valence-electron chi connectivity index (χ1n) is 10.1. The second kappa shape index (κ2) is 11.3. The van der Waals surface area contributed by atoms with Crippen molar-refractivity contribution in [3.63, 3.8) is 0 Å². The van der Waals surface area contributed by atoms with E-state index in [1.807, 2.05) is 0 Å². The first-order chi connectivity index (χ1) is 16.1. The number of methoxy groups -OCH3 is 2. The van der Waals surface area contributed by atoms with Gasteiger partial charge in [-0.25, -0.2) is 13.4 Å². The molecule has 7 nitrogen and oxygen atoms in total. The van der Waals surface area contributed by atoms with Gasteiger partial charge in [-0.3, -0.25) is 0 Å². The number of hydrogen-bond acceptors (Lipinski definition) is 7. The lowest BCUT2D eigenvalue weighted by Gasteiger charge is -2.21. The van der Waals surface area contributed by atoms with Crippen molar-refractivity contribution >= 4 is 32.2 Å². The van der Waals surface area contributed by atoms with Crippen molar-refractivity contribution in [1.82, 2.24) is 9.29 Å². The molecule has 0 saturated heterocycles. The van der Waals surface area contributed by atoms with E-state index in [0.29, 0.717) is 16.4 Å². The van der Waals surface area contributed by atoms with Crippen molar-refractivity contribution in [2.45, 2.75) is 11.1 Å². The van der Waals surface area contributed by atoms with Crippen LogP contribution in [-0.2, 0) is 25.7 Å². The van der Waals surface area contributed by atoms with Gasteiger partial charge in [0.1, 0.15) is 0 Å². The third-order valence-electron chi connectivity index (χ3n) is 4.82. The maximum Gasteiger partial charge on any atom is 0.416 e. The maximum absolute atomic E-state index is 13.0. The zero-order chi connectivity index (χ0) is 24.8. The molecule has 34 heavy (non-hydrogen) atoms. The quantitative estimate of drug-likeness (QED) is 0.393. The van der Waals surface area contributed by atoms with Gasteiger partial charge in [0.05, 0.1) is 29.4 Å². The van der Waals surface area contributed by atoms with Crippen LogP contribution in [0.15, 0.2) is 58.8 Å². The average molecular weight is 516 g/mol. The average Bonchev–Trinajstić information content (AvgIpc) is 3.27. The normalized spacial score (nSPS) is 12.3. The van der Waals surface area contributed by atoms with Crippen LogP contribution in [0.1, 0.15) is 5.56 Å². The molecular weight excluding hydrogens is 491 g/mol. The molecule has 12 heteroatoms. The zero-order valence-electron chi connectivity index (χ0n) is 18.5. The second-order valence-electron chi connectivity index (χ2n) is 7.16. The van der Waals surface area contributed by atoms with Gasteiger partial charge in [-0.2, -0.15) is 17.5 Å². The summed E-state index contributed by atoms with van der Waals surface area (Å²) in [7, 11) is -0.745. The molecule has 1 heterocycles. The van der Waals surface area contributed by atoms with Crippen molar-refractivity contribution in [3.8, 4) is 11.3 Å². The molecule has 3 aromatic rings. The minimum atomic E-state index is -4.43. The number of benzene rings is 2. The molecule has 0 aliphatic heterocycles. The summed E-state index contributed by atoms with van der Waals surface area (Å²) in [5.74, 6) is 0. The van der Waals surface area contributed by atoms with Crippen LogP contribution in [0.4, 0.5) is 24.0 Å². The van der Waals surface area contributed by atoms with E-state index in [1.54, 1.807) is 17.5 Å². The van der Waals surface area contributed by atoms with Crippen LogP contribution in [0.2, 0.25) is 0 Å². The Balaban J connectivity index is 1.75. The van der Waals surface area contributed by atoms with Crippen LogP contribution in [0.3, 0.4) is 0 Å². The molecule has 0 aliphatic carbocycles. The molecule has 0 unspecified atom stereocenters. The van der Waals surface area contributed by atoms with E-state index in [1.165, 1.54) is 54.1 Å². The minimum Gasteiger partial charge on any atom is -0.383 e. The van der Waals surface area contributed by atoms with E-state index in [4.69, 9.17) is 9.47 Å². The fraction of sp³-hybridized carbons (Fsp3) is 0.318. The predicted molar refractivity (Wildman–Crippen MR) is 125 cm³/mol. The van der Waals surface area contributed by atoms with Crippen molar-refractivity contribution < 1.29 is 31.1 Å². The van der Waals surface area contributed by atoms with Gasteiger partial charge < -0.3 is 14.8 Å². The largest absolute Gasteiger partial charge is 0.416 e. The maximum atomic E-state index is 13.0. The first-order valence-corrected chi connectivity index (χ1v) is 12.5. The summed E-state index contributed by atoms with van der Waals surface area (Å²) in [6, 6.07) is 11.1. The number of aromatic nitrogens is 1. The molecular formula is C22H24F3N3O4S2. The highest BCUT2D eigenvalue weighted by Gasteiger charge is 2.30. The lowest BCUT2D eigenvalue weighted by molar-refractivity contribution is -0.137. The van der Waals surface area contributed by atoms with Gasteiger partial charge in [0, 0.05) is 43.9 Å². The number of anilines is 2. The number of ether oxygens (including phenoxy) is 2. The zero-order valence-corrected chi connectivity index (χ0v) is 20.1. The standard InChI is InChI=1S/C22H24F3N3O4S2/c1-31-12-10-28(11-13-32-2)34(29,30)19-8-6-16(7-9-19)20-15-33-21(27-20)26-18-5-3-4-17(14-18)22(23,24)25/h3-9,14-15H,10-13H2,1-2H3,(H,26,27). The van der Waals surface area contributed by atoms with Crippen molar-refractivity contribution in [1.29, 1.82) is 0 Å². The number of rotatable bonds is 11. The number of thiazole rings is 1. The molecule has 0 fully saturated rings. The Hall–Kier alpha value is -2.51. The van der Waals surface area contributed by atoms with Gasteiger partial charge in [-0.1, -0.05) is 18.2 Å². The molecule has 0 amide bonds. The Morgan fingerprint density at radius 3 is 2.26 bits per heavy atom. The predicted octanol–water partition coefficient (Wildman–Crippen LogP) is 4.86. The van der Waals surface area contributed by atoms with Gasteiger partial charge in [0.2, 0.25) is 10.0 Å². The summed E-state index contributed by atoms with van der Waals surface area (Å²) >= 11 is 1.23. The lowest BCUT2D eigenvalue weighted by Crippen LogP contribution is -2.36. The second-order valence-corrected chi connectivity index (χ2v) is 9.95. The number of hydrogen-bond donors (Lipinski definition) is 1. The molecule has 0 bridgehead atoms. The van der Waals surface area contributed by atoms with Gasteiger partial charge in [0.25, 0.3) is 0 Å². The summed E-state index contributed by atoms with van der Waals surface area (Å²) in [4.78, 5) is 4.53. The Bertz CT molecular complexity index is 1170. The number of sulfonamides is 1. The van der Waals surface area contributed by atoms with Crippen LogP contribution in [0.5, 0.6) is 0 Å². The molecule has 0 atom stereocenters. The molecule has 184 valence electrons. The Morgan fingerprint density at radius 2 is 1.68 bits per heavy atom. The highest BCUT2D eigenvalue weighted by Crippen LogP contribution is 2.33. The third-order valence-corrected chi connectivity index (χ3v) is 7.49. The van der Waals surface area contributed by atoms with Crippen LogP contribution in [-0.4, -0.2) is 58.2 Å². The van der Waals surface area contributed by atoms with Crippen LogP contribution < -0.4 is 5.32 Å². The van der Waals surface area contributed by atoms with E-state index in [9.17, 15) is 21.6 Å². The number of alkyl halides is 3. The summed E-state index contributed by atoms with van der Waals surface area (Å²) in [6.45, 7) is 0.893. The third kappa shape index (κ3) is 6.54. The molecule has 3 rings (SSSR count). The van der Waals surface area contributed by atoms with E-state index in [0.717, 1.165) is 12.1 Å². The fourth-order valence-corrected chi connectivity index (χ4v) is 5.19. The number of nitrogens with zero attached hydrogens (tertiary/aromatic N) is 2. The van der Waals surface area contributed by atoms with E-state index < -0.39 is 21.8 Å². The fourth-order valence-electron chi connectivity index (χ4n) is 3.05. The Morgan fingerprint density at radius 1 is 1.03 bits per heavy atom. The molecule has 0 radical (unpaired) electrons. The van der Waals surface area contributed by atoms with Gasteiger partial charge in [-0.05, 0) is 30.3 Å². The Kier molecular flexibility index (Phi) is 8.66. The van der Waals surface area contributed by atoms with E-state index in [-0.39, 0.29) is 36.9 Å². The van der Waals surface area contributed by atoms with E-state index in [2.05, 4.69) is 10.3 Å². The first kappa shape index (κ1) is 26.1. The highest BCUT2D eigenvalue weighted by molar-refractivity contribution is 7.89. The molecule has 1 N–H and O–H groups in total. The highest BCUT2D eigenvalue weighted by atomic mass is 32.2. The number of nitrogens with one attached hydrogen (secondary N) is 1. The molecule has 0 saturated carbocycles. The molecule has 2 aromatic carbocycles. The molecule has 0 aliphatic rings. The summed E-state index contributed by atoms with van der Waals surface area (Å²) < 4.78 is 76.1. The van der Waals surface area contributed by atoms with Crippen molar-refractivity contribution in [3.05, 3.63) is 59.5 Å². The Labute approximate surface area is 200 Å². The summed E-state index contributed by atoms with van der Waals surface area (Å²) in [6.07, 6.45) is -4.43. The smallest absolute Gasteiger partial charge is 0.383 e. The van der Waals surface area contributed by atoms with Crippen LogP contribution in [0.25, 0.3) is 11.3 Å².